The van der Waals surface area contributed by atoms with Crippen molar-refractivity contribution in [2.75, 3.05) is 40.3 Å². The lowest BCUT2D eigenvalue weighted by atomic mass is 9.80. The zero-order chi connectivity index (χ0) is 12.2. The zero-order valence-corrected chi connectivity index (χ0v) is 10.8. The van der Waals surface area contributed by atoms with Crippen LogP contribution in [0, 0.1) is 5.41 Å². The van der Waals surface area contributed by atoms with Crippen LogP contribution in [-0.2, 0) is 4.79 Å². The van der Waals surface area contributed by atoms with Crippen molar-refractivity contribution in [2.24, 2.45) is 11.1 Å². The van der Waals surface area contributed by atoms with Gasteiger partial charge >= 0.3 is 0 Å². The molecule has 1 heterocycles. The monoisotopic (exact) mass is 227 g/mol. The molecule has 1 aliphatic rings. The molecule has 0 aliphatic carbocycles. The van der Waals surface area contributed by atoms with Crippen LogP contribution in [0.5, 0.6) is 0 Å². The first-order chi connectivity index (χ1) is 7.47. The fourth-order valence-corrected chi connectivity index (χ4v) is 2.00. The number of nitrogens with two attached hydrogens (primary N) is 1. The average molecular weight is 227 g/mol. The first-order valence-electron chi connectivity index (χ1n) is 6.09. The van der Waals surface area contributed by atoms with Crippen LogP contribution in [0.15, 0.2) is 0 Å². The van der Waals surface area contributed by atoms with E-state index in [1.807, 2.05) is 14.1 Å². The van der Waals surface area contributed by atoms with Crippen LogP contribution >= 0.6 is 0 Å². The molecule has 0 bridgehead atoms. The number of rotatable bonds is 4. The maximum atomic E-state index is 11.4. The maximum Gasteiger partial charge on any atom is 0.223 e. The minimum absolute atomic E-state index is 0.215. The van der Waals surface area contributed by atoms with Gasteiger partial charge < -0.3 is 15.5 Å². The lowest BCUT2D eigenvalue weighted by molar-refractivity contribution is -0.129. The number of piperidine rings is 1. The average Bonchev–Trinajstić information content (AvgIpc) is 2.28. The molecule has 0 unspecified atom stereocenters. The fourth-order valence-electron chi connectivity index (χ4n) is 2.00. The Morgan fingerprint density at radius 2 is 1.94 bits per heavy atom. The summed E-state index contributed by atoms with van der Waals surface area (Å²) in [7, 11) is 3.62. The summed E-state index contributed by atoms with van der Waals surface area (Å²) in [5.74, 6) is 0.215. The third-order valence-electron chi connectivity index (χ3n) is 3.70. The van der Waals surface area contributed by atoms with E-state index in [0.29, 0.717) is 11.8 Å². The van der Waals surface area contributed by atoms with Crippen molar-refractivity contribution in [3.8, 4) is 0 Å². The maximum absolute atomic E-state index is 11.4. The molecule has 1 aliphatic heterocycles. The summed E-state index contributed by atoms with van der Waals surface area (Å²) >= 11 is 0. The normalized spacial score (nSPS) is 20.8. The molecule has 1 saturated heterocycles. The Bertz CT molecular complexity index is 232. The molecule has 1 rings (SSSR count). The predicted octanol–water partition coefficient (Wildman–Crippen LogP) is 0.526. The van der Waals surface area contributed by atoms with E-state index < -0.39 is 0 Å². The molecule has 2 N–H and O–H groups in total. The molecule has 4 nitrogen and oxygen atoms in total. The van der Waals surface area contributed by atoms with Gasteiger partial charge in [-0.05, 0) is 37.9 Å². The van der Waals surface area contributed by atoms with Crippen LogP contribution in [0.3, 0.4) is 0 Å². The lowest BCUT2D eigenvalue weighted by Gasteiger charge is -2.38. The van der Waals surface area contributed by atoms with Gasteiger partial charge in [-0.15, -0.1) is 0 Å². The van der Waals surface area contributed by atoms with Gasteiger partial charge in [0, 0.05) is 27.1 Å². The molecule has 0 radical (unpaired) electrons. The van der Waals surface area contributed by atoms with Crippen LogP contribution in [0.25, 0.3) is 0 Å². The van der Waals surface area contributed by atoms with E-state index in [1.165, 1.54) is 0 Å². The summed E-state index contributed by atoms with van der Waals surface area (Å²) in [4.78, 5) is 15.5. The van der Waals surface area contributed by atoms with Gasteiger partial charge in [0.2, 0.25) is 5.91 Å². The third-order valence-corrected chi connectivity index (χ3v) is 3.70. The molecule has 0 aromatic carbocycles. The van der Waals surface area contributed by atoms with Crippen LogP contribution < -0.4 is 5.73 Å². The number of likely N-dealkylation sites (tertiary alicyclic amines) is 1. The highest BCUT2D eigenvalue weighted by Gasteiger charge is 2.28. The van der Waals surface area contributed by atoms with Crippen molar-refractivity contribution < 1.29 is 4.79 Å². The molecular weight excluding hydrogens is 202 g/mol. The van der Waals surface area contributed by atoms with Crippen molar-refractivity contribution in [2.45, 2.75) is 26.2 Å². The molecule has 0 aromatic heterocycles. The second kappa shape index (κ2) is 5.64. The Morgan fingerprint density at radius 3 is 2.38 bits per heavy atom. The highest BCUT2D eigenvalue weighted by atomic mass is 16.2. The topological polar surface area (TPSA) is 49.6 Å². The summed E-state index contributed by atoms with van der Waals surface area (Å²) in [5.41, 5.74) is 6.09. The molecule has 1 amide bonds. The van der Waals surface area contributed by atoms with Gasteiger partial charge in [0.15, 0.2) is 0 Å². The lowest BCUT2D eigenvalue weighted by Crippen LogP contribution is -2.43. The van der Waals surface area contributed by atoms with Crippen LogP contribution in [-0.4, -0.2) is 56.0 Å². The molecular formula is C12H25N3O. The second-order valence-electron chi connectivity index (χ2n) is 5.39. The molecule has 1 fully saturated rings. The highest BCUT2D eigenvalue weighted by molar-refractivity contribution is 5.75. The van der Waals surface area contributed by atoms with E-state index in [2.05, 4.69) is 11.8 Å². The second-order valence-corrected chi connectivity index (χ2v) is 5.39. The van der Waals surface area contributed by atoms with Gasteiger partial charge in [0.05, 0.1) is 0 Å². The number of hydrogen-bond acceptors (Lipinski definition) is 3. The minimum atomic E-state index is 0.215. The third kappa shape index (κ3) is 3.76. The van der Waals surface area contributed by atoms with E-state index in [0.717, 1.165) is 39.0 Å². The number of amides is 1. The number of carbonyl (C=O) groups is 1. The van der Waals surface area contributed by atoms with Gasteiger partial charge in [-0.25, -0.2) is 0 Å². The first-order valence-corrected chi connectivity index (χ1v) is 6.09. The van der Waals surface area contributed by atoms with E-state index in [9.17, 15) is 4.79 Å². The number of carbonyl (C=O) groups excluding carboxylic acids is 1. The fraction of sp³-hybridized carbons (Fsp3) is 0.917. The largest absolute Gasteiger partial charge is 0.349 e. The van der Waals surface area contributed by atoms with E-state index in [1.54, 1.807) is 4.90 Å². The Kier molecular flexibility index (Phi) is 4.74. The van der Waals surface area contributed by atoms with Gasteiger partial charge in [0.25, 0.3) is 0 Å². The number of hydrogen-bond donors (Lipinski definition) is 1. The van der Waals surface area contributed by atoms with Crippen LogP contribution in [0.4, 0.5) is 0 Å². The quantitative estimate of drug-likeness (QED) is 0.762. The van der Waals surface area contributed by atoms with Crippen LogP contribution in [0.2, 0.25) is 0 Å². The minimum Gasteiger partial charge on any atom is -0.349 e. The summed E-state index contributed by atoms with van der Waals surface area (Å²) in [6.45, 7) is 6.08. The highest BCUT2D eigenvalue weighted by Crippen LogP contribution is 2.29. The summed E-state index contributed by atoms with van der Waals surface area (Å²) in [6.07, 6.45) is 2.94. The summed E-state index contributed by atoms with van der Waals surface area (Å²) in [6, 6.07) is 0. The molecule has 4 heteroatoms. The Hall–Kier alpha value is -0.610. The Labute approximate surface area is 98.8 Å². The zero-order valence-electron chi connectivity index (χ0n) is 10.8. The van der Waals surface area contributed by atoms with Crippen molar-refractivity contribution in [1.82, 2.24) is 9.80 Å². The van der Waals surface area contributed by atoms with Gasteiger partial charge in [-0.3, -0.25) is 4.79 Å². The van der Waals surface area contributed by atoms with Gasteiger partial charge in [0.1, 0.15) is 0 Å². The molecule has 0 saturated carbocycles. The molecule has 0 atom stereocenters. The standard InChI is InChI=1S/C12H25N3O/c1-12(10-13)5-8-15(9-6-12)7-4-11(16)14(2)3/h4-10,13H2,1-3H3. The number of nitrogens with zero attached hydrogens (tertiary/aromatic N) is 2. The smallest absolute Gasteiger partial charge is 0.223 e. The SMILES string of the molecule is CN(C)C(=O)CCN1CCC(C)(CN)CC1. The van der Waals surface area contributed by atoms with Crippen molar-refractivity contribution in [3.05, 3.63) is 0 Å². The molecule has 94 valence electrons. The molecule has 0 spiro atoms. The van der Waals surface area contributed by atoms with E-state index in [4.69, 9.17) is 5.73 Å². The van der Waals surface area contributed by atoms with Gasteiger partial charge in [-0.1, -0.05) is 6.92 Å². The predicted molar refractivity (Wildman–Crippen MR) is 66.1 cm³/mol. The van der Waals surface area contributed by atoms with Crippen molar-refractivity contribution in [3.63, 3.8) is 0 Å². The summed E-state index contributed by atoms with van der Waals surface area (Å²) in [5, 5.41) is 0. The molecule has 16 heavy (non-hydrogen) atoms. The first kappa shape index (κ1) is 13.5. The van der Waals surface area contributed by atoms with Gasteiger partial charge in [-0.2, -0.15) is 0 Å². The Morgan fingerprint density at radius 1 is 1.38 bits per heavy atom. The summed E-state index contributed by atoms with van der Waals surface area (Å²) < 4.78 is 0. The van der Waals surface area contributed by atoms with E-state index in [-0.39, 0.29) is 5.91 Å². The Balaban J connectivity index is 2.25. The van der Waals surface area contributed by atoms with Crippen molar-refractivity contribution in [1.29, 1.82) is 0 Å². The molecule has 0 aromatic rings. The van der Waals surface area contributed by atoms with Crippen molar-refractivity contribution >= 4 is 5.91 Å². The van der Waals surface area contributed by atoms with E-state index >= 15 is 0 Å². The van der Waals surface area contributed by atoms with Crippen LogP contribution in [0.1, 0.15) is 26.2 Å².